The van der Waals surface area contributed by atoms with Crippen LogP contribution >= 0.6 is 0 Å². The Morgan fingerprint density at radius 1 is 1.04 bits per heavy atom. The van der Waals surface area contributed by atoms with Gasteiger partial charge >= 0.3 is 11.8 Å². The number of anilines is 1. The maximum absolute atomic E-state index is 12.0. The molecule has 6 heteroatoms. The number of carbonyl (C=O) groups is 2. The van der Waals surface area contributed by atoms with Gasteiger partial charge in [-0.05, 0) is 47.7 Å². The quantitative estimate of drug-likeness (QED) is 0.810. The van der Waals surface area contributed by atoms with Gasteiger partial charge < -0.3 is 20.1 Å². The highest BCUT2D eigenvalue weighted by molar-refractivity contribution is 6.39. The molecule has 0 atom stereocenters. The van der Waals surface area contributed by atoms with Crippen molar-refractivity contribution >= 4 is 17.5 Å². The van der Waals surface area contributed by atoms with Gasteiger partial charge in [0.1, 0.15) is 0 Å². The largest absolute Gasteiger partial charge is 0.454 e. The maximum atomic E-state index is 12.0. The summed E-state index contributed by atoms with van der Waals surface area (Å²) >= 11 is 0. The van der Waals surface area contributed by atoms with Gasteiger partial charge in [0.15, 0.2) is 11.5 Å². The molecule has 0 radical (unpaired) electrons. The minimum Gasteiger partial charge on any atom is -0.454 e. The van der Waals surface area contributed by atoms with Crippen molar-refractivity contribution in [3.05, 3.63) is 53.6 Å². The van der Waals surface area contributed by atoms with E-state index in [0.29, 0.717) is 30.3 Å². The summed E-state index contributed by atoms with van der Waals surface area (Å²) in [5.41, 5.74) is 2.72. The van der Waals surface area contributed by atoms with E-state index in [1.165, 1.54) is 0 Å². The Hall–Kier alpha value is -3.02. The summed E-state index contributed by atoms with van der Waals surface area (Å²) in [6.45, 7) is 4.74. The SMILES string of the molecule is CC(C)c1cccc(NC(=O)C(=O)NCCc2ccc3c(c2)OCO3)c1. The predicted octanol–water partition coefficient (Wildman–Crippen LogP) is 2.84. The van der Waals surface area contributed by atoms with Crippen molar-refractivity contribution < 1.29 is 19.1 Å². The van der Waals surface area contributed by atoms with Gasteiger partial charge in [-0.1, -0.05) is 32.0 Å². The van der Waals surface area contributed by atoms with Crippen LogP contribution in [0.1, 0.15) is 30.9 Å². The van der Waals surface area contributed by atoms with Crippen LogP contribution in [-0.4, -0.2) is 25.2 Å². The van der Waals surface area contributed by atoms with Gasteiger partial charge in [0.25, 0.3) is 0 Å². The molecular formula is C20H22N2O4. The Balaban J connectivity index is 1.48. The lowest BCUT2D eigenvalue weighted by atomic mass is 10.0. The Morgan fingerprint density at radius 2 is 1.85 bits per heavy atom. The fourth-order valence-corrected chi connectivity index (χ4v) is 2.66. The molecule has 3 rings (SSSR count). The Bertz CT molecular complexity index is 817. The Labute approximate surface area is 152 Å². The van der Waals surface area contributed by atoms with E-state index < -0.39 is 11.8 Å². The summed E-state index contributed by atoms with van der Waals surface area (Å²) in [4.78, 5) is 24.0. The third kappa shape index (κ3) is 4.33. The zero-order valence-corrected chi connectivity index (χ0v) is 14.9. The van der Waals surface area contributed by atoms with Crippen molar-refractivity contribution in [1.82, 2.24) is 5.32 Å². The van der Waals surface area contributed by atoms with E-state index in [1.54, 1.807) is 6.07 Å². The van der Waals surface area contributed by atoms with Crippen LogP contribution in [0.25, 0.3) is 0 Å². The van der Waals surface area contributed by atoms with Gasteiger partial charge in [0, 0.05) is 12.2 Å². The number of carbonyl (C=O) groups excluding carboxylic acids is 2. The molecule has 0 aliphatic carbocycles. The van der Waals surface area contributed by atoms with Crippen molar-refractivity contribution in [3.63, 3.8) is 0 Å². The van der Waals surface area contributed by atoms with E-state index >= 15 is 0 Å². The number of benzene rings is 2. The molecule has 0 saturated heterocycles. The minimum absolute atomic E-state index is 0.230. The first-order valence-electron chi connectivity index (χ1n) is 8.60. The van der Waals surface area contributed by atoms with Crippen LogP contribution in [0.5, 0.6) is 11.5 Å². The van der Waals surface area contributed by atoms with Crippen molar-refractivity contribution in [1.29, 1.82) is 0 Å². The lowest BCUT2D eigenvalue weighted by Gasteiger charge is -2.10. The van der Waals surface area contributed by atoms with Crippen LogP contribution in [0.2, 0.25) is 0 Å². The summed E-state index contributed by atoms with van der Waals surface area (Å²) in [6.07, 6.45) is 0.596. The second-order valence-electron chi connectivity index (χ2n) is 6.43. The van der Waals surface area contributed by atoms with Crippen molar-refractivity contribution in [3.8, 4) is 11.5 Å². The molecule has 26 heavy (non-hydrogen) atoms. The molecule has 1 heterocycles. The second-order valence-corrected chi connectivity index (χ2v) is 6.43. The summed E-state index contributed by atoms with van der Waals surface area (Å²) in [5, 5.41) is 5.27. The Kier molecular flexibility index (Phi) is 5.41. The molecule has 0 unspecified atom stereocenters. The van der Waals surface area contributed by atoms with E-state index in [1.807, 2.05) is 36.4 Å². The standard InChI is InChI=1S/C20H22N2O4/c1-13(2)15-4-3-5-16(11-15)22-20(24)19(23)21-9-8-14-6-7-17-18(10-14)26-12-25-17/h3-7,10-11,13H,8-9,12H2,1-2H3,(H,21,23)(H,22,24). The number of ether oxygens (including phenoxy) is 2. The zero-order chi connectivity index (χ0) is 18.5. The molecule has 2 aromatic rings. The average Bonchev–Trinajstić information content (AvgIpc) is 3.09. The van der Waals surface area contributed by atoms with E-state index in [0.717, 1.165) is 16.9 Å². The monoisotopic (exact) mass is 354 g/mol. The number of amides is 2. The molecule has 136 valence electrons. The molecule has 0 spiro atoms. The minimum atomic E-state index is -0.670. The highest BCUT2D eigenvalue weighted by Gasteiger charge is 2.15. The number of rotatable bonds is 5. The molecule has 6 nitrogen and oxygen atoms in total. The normalized spacial score (nSPS) is 12.1. The summed E-state index contributed by atoms with van der Waals surface area (Å²) in [6, 6.07) is 13.1. The smallest absolute Gasteiger partial charge is 0.313 e. The molecule has 1 aliphatic heterocycles. The van der Waals surface area contributed by atoms with Gasteiger partial charge in [-0.3, -0.25) is 9.59 Å². The third-order valence-electron chi connectivity index (χ3n) is 4.15. The topological polar surface area (TPSA) is 76.7 Å². The van der Waals surface area contributed by atoms with Crippen LogP contribution in [0.4, 0.5) is 5.69 Å². The fraction of sp³-hybridized carbons (Fsp3) is 0.300. The number of hydrogen-bond donors (Lipinski definition) is 2. The van der Waals surface area contributed by atoms with E-state index in [-0.39, 0.29) is 6.79 Å². The lowest BCUT2D eigenvalue weighted by Crippen LogP contribution is -2.36. The van der Waals surface area contributed by atoms with Gasteiger partial charge in [-0.15, -0.1) is 0 Å². The molecule has 0 fully saturated rings. The molecule has 0 saturated carbocycles. The van der Waals surface area contributed by atoms with Gasteiger partial charge in [-0.2, -0.15) is 0 Å². The first kappa shape index (κ1) is 17.8. The third-order valence-corrected chi connectivity index (χ3v) is 4.15. The highest BCUT2D eigenvalue weighted by Crippen LogP contribution is 2.32. The number of hydrogen-bond acceptors (Lipinski definition) is 4. The molecule has 0 aromatic heterocycles. The molecule has 2 amide bonds. The molecular weight excluding hydrogens is 332 g/mol. The maximum Gasteiger partial charge on any atom is 0.313 e. The van der Waals surface area contributed by atoms with Crippen molar-refractivity contribution in [2.75, 3.05) is 18.7 Å². The fourth-order valence-electron chi connectivity index (χ4n) is 2.66. The van der Waals surface area contributed by atoms with Crippen LogP contribution < -0.4 is 20.1 Å². The van der Waals surface area contributed by atoms with E-state index in [4.69, 9.17) is 9.47 Å². The summed E-state index contributed by atoms with van der Waals surface area (Å²) in [5.74, 6) is 0.456. The van der Waals surface area contributed by atoms with Crippen LogP contribution in [0.15, 0.2) is 42.5 Å². The highest BCUT2D eigenvalue weighted by atomic mass is 16.7. The molecule has 2 N–H and O–H groups in total. The van der Waals surface area contributed by atoms with E-state index in [2.05, 4.69) is 24.5 Å². The number of nitrogens with one attached hydrogen (secondary N) is 2. The van der Waals surface area contributed by atoms with Crippen LogP contribution in [0, 0.1) is 0 Å². The van der Waals surface area contributed by atoms with Crippen LogP contribution in [0.3, 0.4) is 0 Å². The average molecular weight is 354 g/mol. The summed E-state index contributed by atoms with van der Waals surface area (Å²) < 4.78 is 10.6. The van der Waals surface area contributed by atoms with Gasteiger partial charge in [0.05, 0.1) is 0 Å². The zero-order valence-electron chi connectivity index (χ0n) is 14.9. The predicted molar refractivity (Wildman–Crippen MR) is 98.4 cm³/mol. The Morgan fingerprint density at radius 3 is 2.65 bits per heavy atom. The second kappa shape index (κ2) is 7.91. The number of fused-ring (bicyclic) bond motifs is 1. The summed E-state index contributed by atoms with van der Waals surface area (Å²) in [7, 11) is 0. The van der Waals surface area contributed by atoms with Gasteiger partial charge in [-0.25, -0.2) is 0 Å². The molecule has 1 aliphatic rings. The lowest BCUT2D eigenvalue weighted by molar-refractivity contribution is -0.136. The van der Waals surface area contributed by atoms with Crippen molar-refractivity contribution in [2.24, 2.45) is 0 Å². The first-order valence-corrected chi connectivity index (χ1v) is 8.60. The first-order chi connectivity index (χ1) is 12.5. The molecule has 0 bridgehead atoms. The van der Waals surface area contributed by atoms with Crippen molar-refractivity contribution in [2.45, 2.75) is 26.2 Å². The van der Waals surface area contributed by atoms with Crippen LogP contribution in [-0.2, 0) is 16.0 Å². The van der Waals surface area contributed by atoms with E-state index in [9.17, 15) is 9.59 Å². The molecule has 2 aromatic carbocycles. The van der Waals surface area contributed by atoms with Gasteiger partial charge in [0.2, 0.25) is 6.79 Å².